The molecule has 8 aliphatic rings. The molecule has 6 aliphatic heterocycles. The SMILES string of the molecule is CO[C@H]1C[C@@H](C)C/C(C)=C/C(CCCOC(=O)NCc2ccc(CNC(=O)OCCC[C@@H]3/C=C(\C)C[C@H](C)C[C@H](OC)[C@H]4O[C@@](O)(C(=O)C(=O)N5CCCC[C@H]5C(=O)O[C@H](/C(C)=C/[C@@H]5CC[C@@H](O)[C@H](OC)C5)[C@H](C)[C@@H](O)CC3=O)[C@H](C)C[C@@H]4OC)cc2)C(=O)C[C@H](O)[C@@H](C)[C@@H](/C(C)=C/[C@@H]2CC[C@@H](O)[C@H](OC)C2)OC(=O)[C@@H]2CCCCN2C(=O)C(=O)[C@]2(O)O[C@H]1[C@@H](OC)C[C@H]2C. The van der Waals surface area contributed by atoms with Crippen LogP contribution in [0.4, 0.5) is 9.59 Å². The second-order valence-corrected chi connectivity index (χ2v) is 38.6. The van der Waals surface area contributed by atoms with Crippen LogP contribution in [0.2, 0.25) is 0 Å². The summed E-state index contributed by atoms with van der Waals surface area (Å²) in [4.78, 5) is 146. The molecule has 32 nitrogen and oxygen atoms in total. The number of cyclic esters (lactones) is 2. The molecule has 9 rings (SSSR count). The van der Waals surface area contributed by atoms with Crippen molar-refractivity contribution in [2.75, 3.05) is 69.0 Å². The van der Waals surface area contributed by atoms with E-state index in [-0.39, 0.29) is 139 Å². The number of ether oxygens (including phenoxy) is 12. The van der Waals surface area contributed by atoms with Gasteiger partial charge in [0.25, 0.3) is 23.4 Å². The van der Waals surface area contributed by atoms with Gasteiger partial charge in [0.05, 0.1) is 74.3 Å². The van der Waals surface area contributed by atoms with Gasteiger partial charge in [-0.25, -0.2) is 19.2 Å². The van der Waals surface area contributed by atoms with Crippen LogP contribution in [0.5, 0.6) is 0 Å². The maximum Gasteiger partial charge on any atom is 0.407 e. The van der Waals surface area contributed by atoms with Crippen molar-refractivity contribution in [1.82, 2.24) is 20.4 Å². The van der Waals surface area contributed by atoms with E-state index in [0.29, 0.717) is 112 Å². The molecule has 6 heterocycles. The lowest BCUT2D eigenvalue weighted by molar-refractivity contribution is -0.302. The number of methoxy groups -OCH3 is 6. The number of nitrogens with zero attached hydrogens (tertiary/aromatic N) is 2. The molecule has 730 valence electrons. The number of esters is 2. The first-order valence-corrected chi connectivity index (χ1v) is 47.3. The number of aliphatic hydroxyl groups excluding tert-OH is 4. The standard InChI is InChI=1S/C98H150N4O28/c1-55-39-57(3)43-81(121-13)87-83(123-15)47-61(7)97(117,129-87)89(109)91(111)101-35-19-17-25-71(101)93(113)127-85(59(5)45-67-31-33-73(103)79(49-67)119-11)63(9)75(105)51-77(107)69(41-55)23-21-37-125-95(115)99-53-65-27-29-66(30-28-65)54-100-96(116)126-38-22-24-70-42-56(2)40-58(4)44-82(122-14)88-84(124-16)48-62(8)98(118,130-88)90(110)92(112)102-36-20-18-26-72(102)94(114)128-86(64(10)76(106)52-78(70)108)60(6)46-68-32-34-74(104)80(50-68)120-12/h27-30,41-42,45-46,57-58,61-64,67-76,79-88,103-106,117-118H,17-26,31-40,43-44,47-54H2,1-16H3,(H,99,115)(H,100,116)/b55-41+,56-42+,59-45+,60-46+/t57-,58-,61+,62+,63+,64+,67-,68-,69+,70?,71-,72-,73+,74+,75-,76-,79+,80+,81-,82-,83-,84-,85+,86+,87+,88+,97+,98+/m0/s1. The molecule has 4 bridgehead atoms. The van der Waals surface area contributed by atoms with Crippen LogP contribution in [0.25, 0.3) is 0 Å². The number of rotatable bonds is 22. The number of fused-ring (bicyclic) bond motifs is 6. The third kappa shape index (κ3) is 28.0. The fraction of sp³-hybridized carbons (Fsp3) is 0.755. The van der Waals surface area contributed by atoms with E-state index < -0.39 is 192 Å². The van der Waals surface area contributed by atoms with Crippen LogP contribution in [-0.2, 0) is 108 Å². The highest BCUT2D eigenvalue weighted by Gasteiger charge is 2.59. The van der Waals surface area contributed by atoms with E-state index in [1.165, 1.54) is 42.7 Å². The number of piperidine rings is 2. The zero-order valence-corrected chi connectivity index (χ0v) is 79.4. The summed E-state index contributed by atoms with van der Waals surface area (Å²) in [6.45, 7) is 17.9. The van der Waals surface area contributed by atoms with Gasteiger partial charge in [-0.3, -0.25) is 28.8 Å². The highest BCUT2D eigenvalue weighted by atomic mass is 16.7. The monoisotopic (exact) mass is 1830 g/mol. The predicted octanol–water partition coefficient (Wildman–Crippen LogP) is 9.85. The largest absolute Gasteiger partial charge is 0.456 e. The quantitative estimate of drug-likeness (QED) is 0.0176. The molecule has 6 fully saturated rings. The predicted molar refractivity (Wildman–Crippen MR) is 477 cm³/mol. The van der Waals surface area contributed by atoms with Gasteiger partial charge in [0, 0.05) is 117 Å². The van der Waals surface area contributed by atoms with Crippen molar-refractivity contribution < 1.29 is 135 Å². The number of carbonyl (C=O) groups is 10. The number of hydrogen-bond donors (Lipinski definition) is 8. The second kappa shape index (κ2) is 49.8. The average Bonchev–Trinajstić information content (AvgIpc) is 0.776. The summed E-state index contributed by atoms with van der Waals surface area (Å²) in [7, 11) is 9.02. The lowest BCUT2D eigenvalue weighted by atomic mass is 9.81. The molecule has 1 aromatic carbocycles. The van der Waals surface area contributed by atoms with Crippen LogP contribution in [0.3, 0.4) is 0 Å². The van der Waals surface area contributed by atoms with Crippen LogP contribution >= 0.6 is 0 Å². The summed E-state index contributed by atoms with van der Waals surface area (Å²) >= 11 is 0. The van der Waals surface area contributed by atoms with E-state index in [0.717, 1.165) is 20.9 Å². The van der Waals surface area contributed by atoms with E-state index in [1.807, 2.05) is 52.0 Å². The van der Waals surface area contributed by atoms with Gasteiger partial charge in [-0.2, -0.15) is 0 Å². The molecular formula is C98H150N4O28. The summed E-state index contributed by atoms with van der Waals surface area (Å²) in [5, 5.41) is 76.1. The van der Waals surface area contributed by atoms with E-state index in [9.17, 15) is 78.6 Å². The first-order chi connectivity index (χ1) is 61.8. The molecule has 4 saturated heterocycles. The fourth-order valence-electron chi connectivity index (χ4n) is 20.7. The molecule has 0 aromatic heterocycles. The minimum atomic E-state index is -2.61. The Balaban J connectivity index is 0.829. The number of nitrogens with one attached hydrogen (secondary N) is 2. The maximum atomic E-state index is 14.8. The Morgan fingerprint density at radius 1 is 0.462 bits per heavy atom. The molecule has 2 saturated carbocycles. The first kappa shape index (κ1) is 106. The van der Waals surface area contributed by atoms with Crippen molar-refractivity contribution >= 4 is 59.1 Å². The van der Waals surface area contributed by atoms with Crippen molar-refractivity contribution in [3.05, 3.63) is 82.0 Å². The molecule has 130 heavy (non-hydrogen) atoms. The van der Waals surface area contributed by atoms with Crippen LogP contribution in [-0.4, -0.2) is 278 Å². The number of hydrogen-bond acceptors (Lipinski definition) is 28. The number of Topliss-reactive ketones (excluding diaryl/α,β-unsaturated/α-hetero) is 4. The molecule has 0 radical (unpaired) electrons. The lowest BCUT2D eigenvalue weighted by Crippen LogP contribution is -2.64. The summed E-state index contributed by atoms with van der Waals surface area (Å²) in [6.07, 6.45) is 1.43. The van der Waals surface area contributed by atoms with Crippen molar-refractivity contribution in [3.8, 4) is 0 Å². The van der Waals surface area contributed by atoms with Gasteiger partial charge in [0.2, 0.25) is 11.6 Å². The lowest BCUT2D eigenvalue weighted by Gasteiger charge is -2.47. The van der Waals surface area contributed by atoms with Gasteiger partial charge in [-0.1, -0.05) is 101 Å². The van der Waals surface area contributed by atoms with Crippen LogP contribution in [0.1, 0.15) is 234 Å². The van der Waals surface area contributed by atoms with Crippen LogP contribution < -0.4 is 10.6 Å². The van der Waals surface area contributed by atoms with Gasteiger partial charge in [-0.05, 0) is 215 Å². The number of alkyl carbamates (subject to hydrolysis) is 2. The Morgan fingerprint density at radius 2 is 0.808 bits per heavy atom. The minimum Gasteiger partial charge on any atom is -0.456 e. The molecular weight excluding hydrogens is 1680 g/mol. The summed E-state index contributed by atoms with van der Waals surface area (Å²) in [6, 6.07) is 4.62. The van der Waals surface area contributed by atoms with Gasteiger partial charge in [0.15, 0.2) is 0 Å². The van der Waals surface area contributed by atoms with Crippen LogP contribution in [0.15, 0.2) is 70.9 Å². The molecule has 32 heteroatoms. The second-order valence-electron chi connectivity index (χ2n) is 38.6. The Bertz CT molecular complexity index is 3830. The maximum absolute atomic E-state index is 14.8. The van der Waals surface area contributed by atoms with Gasteiger partial charge in [0.1, 0.15) is 48.1 Å². The summed E-state index contributed by atoms with van der Waals surface area (Å²) < 4.78 is 71.9. The third-order valence-corrected chi connectivity index (χ3v) is 28.6. The molecule has 8 N–H and O–H groups in total. The molecule has 28 atom stereocenters. The first-order valence-electron chi connectivity index (χ1n) is 47.3. The highest BCUT2D eigenvalue weighted by Crippen LogP contribution is 2.43. The van der Waals surface area contributed by atoms with E-state index in [2.05, 4.69) is 10.6 Å². The number of amides is 4. The Kier molecular flexibility index (Phi) is 40.8. The van der Waals surface area contributed by atoms with Gasteiger partial charge < -0.3 is 108 Å². The van der Waals surface area contributed by atoms with Crippen LogP contribution in [0, 0.1) is 59.2 Å². The Labute approximate surface area is 767 Å². The zero-order chi connectivity index (χ0) is 95.2. The Hall–Kier alpha value is -7.28. The van der Waals surface area contributed by atoms with Crippen molar-refractivity contribution in [2.24, 2.45) is 59.2 Å². The smallest absolute Gasteiger partial charge is 0.407 e. The molecule has 1 unspecified atom stereocenters. The van der Waals surface area contributed by atoms with Gasteiger partial charge >= 0.3 is 24.1 Å². The fourth-order valence-corrected chi connectivity index (χ4v) is 20.7. The normalized spacial score (nSPS) is 37.4. The summed E-state index contributed by atoms with van der Waals surface area (Å²) in [5.41, 5.74) is 4.22. The van der Waals surface area contributed by atoms with E-state index in [1.54, 1.807) is 65.8 Å². The van der Waals surface area contributed by atoms with Crippen molar-refractivity contribution in [2.45, 2.75) is 346 Å². The molecule has 2 aliphatic carbocycles. The van der Waals surface area contributed by atoms with Crippen molar-refractivity contribution in [1.29, 1.82) is 0 Å². The highest BCUT2D eigenvalue weighted by molar-refractivity contribution is 6.39. The number of ketones is 4. The third-order valence-electron chi connectivity index (χ3n) is 28.6. The topological polar surface area (TPSA) is 433 Å². The average molecular weight is 1830 g/mol. The summed E-state index contributed by atoms with van der Waals surface area (Å²) in [5.74, 6) is -17.9. The Morgan fingerprint density at radius 3 is 1.15 bits per heavy atom. The van der Waals surface area contributed by atoms with E-state index >= 15 is 0 Å². The van der Waals surface area contributed by atoms with E-state index in [4.69, 9.17) is 56.8 Å². The molecule has 4 amide bonds. The van der Waals surface area contributed by atoms with Gasteiger partial charge in [-0.15, -0.1) is 0 Å². The number of allylic oxidation sites excluding steroid dienone is 6. The zero-order valence-electron chi connectivity index (χ0n) is 79.4. The molecule has 1 aromatic rings. The minimum absolute atomic E-state index is 0.0114. The number of aliphatic hydroxyl groups is 6. The molecule has 0 spiro atoms. The number of carbonyl (C=O) groups excluding carboxylic acids is 10. The number of benzene rings is 1. The van der Waals surface area contributed by atoms with Crippen molar-refractivity contribution in [3.63, 3.8) is 0 Å².